The van der Waals surface area contributed by atoms with Gasteiger partial charge in [0.25, 0.3) is 5.56 Å². The van der Waals surface area contributed by atoms with E-state index in [-0.39, 0.29) is 12.1 Å². The Morgan fingerprint density at radius 1 is 1.16 bits per heavy atom. The monoisotopic (exact) mass is 348 g/mol. The zero-order chi connectivity index (χ0) is 18.0. The molecule has 1 fully saturated rings. The third-order valence-corrected chi connectivity index (χ3v) is 4.81. The predicted molar refractivity (Wildman–Crippen MR) is 91.3 cm³/mol. The van der Waals surface area contributed by atoms with E-state index in [4.69, 9.17) is 0 Å². The van der Waals surface area contributed by atoms with E-state index in [9.17, 15) is 18.7 Å². The summed E-state index contributed by atoms with van der Waals surface area (Å²) < 4.78 is 28.3. The minimum Gasteiger partial charge on any atom is -0.388 e. The van der Waals surface area contributed by atoms with E-state index in [0.717, 1.165) is 11.6 Å². The Kier molecular flexibility index (Phi) is 5.01. The van der Waals surface area contributed by atoms with Gasteiger partial charge in [-0.25, -0.2) is 8.78 Å². The molecule has 0 amide bonds. The normalized spacial score (nSPS) is 17.6. The number of aliphatic hydroxyl groups is 1. The van der Waals surface area contributed by atoms with Gasteiger partial charge in [-0.05, 0) is 37.5 Å². The van der Waals surface area contributed by atoms with Gasteiger partial charge in [0.05, 0.1) is 12.1 Å². The van der Waals surface area contributed by atoms with Gasteiger partial charge in [0.2, 0.25) is 0 Å². The highest BCUT2D eigenvalue weighted by molar-refractivity contribution is 5.18. The second-order valence-electron chi connectivity index (χ2n) is 6.91. The summed E-state index contributed by atoms with van der Waals surface area (Å²) in [5.74, 6) is -1.13. The first kappa shape index (κ1) is 17.8. The molecule has 0 spiro atoms. The van der Waals surface area contributed by atoms with Gasteiger partial charge in [0, 0.05) is 43.5 Å². The van der Waals surface area contributed by atoms with Crippen molar-refractivity contribution in [2.24, 2.45) is 0 Å². The third kappa shape index (κ3) is 4.32. The number of pyridine rings is 1. The molecule has 0 unspecified atom stereocenters. The number of hydrogen-bond acceptors (Lipinski definition) is 3. The fourth-order valence-electron chi connectivity index (χ4n) is 3.23. The summed E-state index contributed by atoms with van der Waals surface area (Å²) in [4.78, 5) is 14.0. The van der Waals surface area contributed by atoms with Crippen LogP contribution in [0.2, 0.25) is 0 Å². The Bertz CT molecular complexity index is 811. The van der Waals surface area contributed by atoms with Gasteiger partial charge in [0.1, 0.15) is 11.6 Å². The van der Waals surface area contributed by atoms with Crippen LogP contribution in [0, 0.1) is 18.6 Å². The lowest BCUT2D eigenvalue weighted by molar-refractivity contribution is -0.0365. The molecule has 1 aliphatic rings. The molecule has 0 aliphatic carbocycles. The number of piperidine rings is 1. The van der Waals surface area contributed by atoms with Crippen LogP contribution >= 0.6 is 0 Å². The van der Waals surface area contributed by atoms with Crippen LogP contribution in [0.5, 0.6) is 0 Å². The van der Waals surface area contributed by atoms with Crippen molar-refractivity contribution in [3.63, 3.8) is 0 Å². The fraction of sp³-hybridized carbons (Fsp3) is 0.421. The number of aryl methyl sites for hydroxylation is 1. The summed E-state index contributed by atoms with van der Waals surface area (Å²) in [7, 11) is 0. The van der Waals surface area contributed by atoms with E-state index >= 15 is 0 Å². The van der Waals surface area contributed by atoms with Crippen LogP contribution in [-0.4, -0.2) is 33.3 Å². The number of hydrogen-bond donors (Lipinski definition) is 1. The van der Waals surface area contributed by atoms with E-state index in [1.165, 1.54) is 16.7 Å². The predicted octanol–water partition coefficient (Wildman–Crippen LogP) is 2.46. The molecule has 1 aliphatic heterocycles. The number of rotatable bonds is 4. The first-order valence-corrected chi connectivity index (χ1v) is 8.40. The summed E-state index contributed by atoms with van der Waals surface area (Å²) >= 11 is 0. The van der Waals surface area contributed by atoms with Crippen LogP contribution in [0.1, 0.15) is 24.0 Å². The van der Waals surface area contributed by atoms with Crippen molar-refractivity contribution < 1.29 is 13.9 Å². The van der Waals surface area contributed by atoms with Crippen LogP contribution in [0.15, 0.2) is 41.3 Å². The Labute approximate surface area is 145 Å². The van der Waals surface area contributed by atoms with Crippen molar-refractivity contribution in [2.45, 2.75) is 38.5 Å². The van der Waals surface area contributed by atoms with Crippen molar-refractivity contribution in [1.82, 2.24) is 9.47 Å². The standard InChI is InChI=1S/C19H22F2N2O2/c1-14-4-7-23(18(24)10-14)13-19(25)5-8-22(9-6-19)12-15-2-3-16(20)11-17(15)21/h2-4,7,10-11,25H,5-6,8-9,12-13H2,1H3. The topological polar surface area (TPSA) is 45.5 Å². The molecule has 0 bridgehead atoms. The van der Waals surface area contributed by atoms with Crippen molar-refractivity contribution in [1.29, 1.82) is 0 Å². The van der Waals surface area contributed by atoms with Crippen LogP contribution in [-0.2, 0) is 13.1 Å². The van der Waals surface area contributed by atoms with Gasteiger partial charge in [0.15, 0.2) is 0 Å². The van der Waals surface area contributed by atoms with Crippen LogP contribution < -0.4 is 5.56 Å². The molecule has 0 radical (unpaired) electrons. The third-order valence-electron chi connectivity index (χ3n) is 4.81. The molecular formula is C19H22F2N2O2. The van der Waals surface area contributed by atoms with E-state index in [1.54, 1.807) is 12.3 Å². The minimum absolute atomic E-state index is 0.121. The highest BCUT2D eigenvalue weighted by Gasteiger charge is 2.33. The van der Waals surface area contributed by atoms with E-state index in [2.05, 4.69) is 0 Å². The molecule has 6 heteroatoms. The number of nitrogens with zero attached hydrogens (tertiary/aromatic N) is 2. The first-order valence-electron chi connectivity index (χ1n) is 8.40. The minimum atomic E-state index is -0.947. The van der Waals surface area contributed by atoms with E-state index in [1.807, 2.05) is 17.9 Å². The molecule has 25 heavy (non-hydrogen) atoms. The molecular weight excluding hydrogens is 326 g/mol. The van der Waals surface area contributed by atoms with Gasteiger partial charge in [-0.3, -0.25) is 9.69 Å². The molecule has 0 saturated carbocycles. The summed E-state index contributed by atoms with van der Waals surface area (Å²) in [6.45, 7) is 3.67. The molecule has 2 heterocycles. The molecule has 0 atom stereocenters. The Hall–Kier alpha value is -2.05. The second kappa shape index (κ2) is 7.06. The molecule has 1 N–H and O–H groups in total. The largest absolute Gasteiger partial charge is 0.388 e. The molecule has 134 valence electrons. The Morgan fingerprint density at radius 2 is 1.88 bits per heavy atom. The molecule has 1 aromatic carbocycles. The zero-order valence-corrected chi connectivity index (χ0v) is 14.2. The van der Waals surface area contributed by atoms with Crippen molar-refractivity contribution in [3.05, 3.63) is 69.6 Å². The van der Waals surface area contributed by atoms with E-state index < -0.39 is 17.2 Å². The maximum Gasteiger partial charge on any atom is 0.250 e. The van der Waals surface area contributed by atoms with Gasteiger partial charge in [-0.2, -0.15) is 0 Å². The summed E-state index contributed by atoms with van der Waals surface area (Å²) in [5.41, 5.74) is 0.270. The molecule has 3 rings (SSSR count). The smallest absolute Gasteiger partial charge is 0.250 e. The average molecular weight is 348 g/mol. The summed E-state index contributed by atoms with van der Waals surface area (Å²) in [6, 6.07) is 6.99. The number of likely N-dealkylation sites (tertiary alicyclic amines) is 1. The SMILES string of the molecule is Cc1ccn(CC2(O)CCN(Cc3ccc(F)cc3F)CC2)c(=O)c1. The quantitative estimate of drug-likeness (QED) is 0.923. The zero-order valence-electron chi connectivity index (χ0n) is 14.2. The Balaban J connectivity index is 1.61. The number of halogens is 2. The van der Waals surface area contributed by atoms with Gasteiger partial charge in [-0.1, -0.05) is 6.07 Å². The molecule has 4 nitrogen and oxygen atoms in total. The lowest BCUT2D eigenvalue weighted by atomic mass is 9.91. The molecule has 1 aromatic heterocycles. The van der Waals surface area contributed by atoms with Gasteiger partial charge < -0.3 is 9.67 Å². The highest BCUT2D eigenvalue weighted by Crippen LogP contribution is 2.25. The van der Waals surface area contributed by atoms with Crippen LogP contribution in [0.3, 0.4) is 0 Å². The van der Waals surface area contributed by atoms with Crippen LogP contribution in [0.4, 0.5) is 8.78 Å². The average Bonchev–Trinajstić information content (AvgIpc) is 2.55. The van der Waals surface area contributed by atoms with Crippen LogP contribution in [0.25, 0.3) is 0 Å². The Morgan fingerprint density at radius 3 is 2.52 bits per heavy atom. The first-order chi connectivity index (χ1) is 11.8. The second-order valence-corrected chi connectivity index (χ2v) is 6.91. The number of aromatic nitrogens is 1. The molecule has 2 aromatic rings. The van der Waals surface area contributed by atoms with E-state index in [0.29, 0.717) is 38.0 Å². The molecule has 1 saturated heterocycles. The van der Waals surface area contributed by atoms with Crippen molar-refractivity contribution in [3.8, 4) is 0 Å². The lowest BCUT2D eigenvalue weighted by Crippen LogP contribution is -2.47. The van der Waals surface area contributed by atoms with Gasteiger partial charge >= 0.3 is 0 Å². The maximum atomic E-state index is 13.8. The lowest BCUT2D eigenvalue weighted by Gasteiger charge is -2.38. The highest BCUT2D eigenvalue weighted by atomic mass is 19.1. The summed E-state index contributed by atoms with van der Waals surface area (Å²) in [6.07, 6.45) is 2.70. The van der Waals surface area contributed by atoms with Gasteiger partial charge in [-0.15, -0.1) is 0 Å². The van der Waals surface area contributed by atoms with Crippen molar-refractivity contribution >= 4 is 0 Å². The summed E-state index contributed by atoms with van der Waals surface area (Å²) in [5, 5.41) is 10.8. The fourth-order valence-corrected chi connectivity index (χ4v) is 3.23. The maximum absolute atomic E-state index is 13.8. The van der Waals surface area contributed by atoms with Crippen molar-refractivity contribution in [2.75, 3.05) is 13.1 Å². The number of benzene rings is 1.